The Morgan fingerprint density at radius 1 is 1.58 bits per heavy atom. The smallest absolute Gasteiger partial charge is 0.156 e. The van der Waals surface area contributed by atoms with Crippen LogP contribution in [0.5, 0.6) is 0 Å². The van der Waals surface area contributed by atoms with Crippen LogP contribution < -0.4 is 4.90 Å². The van der Waals surface area contributed by atoms with E-state index in [1.54, 1.807) is 12.4 Å². The second kappa shape index (κ2) is 2.59. The van der Waals surface area contributed by atoms with Crippen molar-refractivity contribution in [2.45, 2.75) is 6.42 Å². The van der Waals surface area contributed by atoms with Gasteiger partial charge in [-0.1, -0.05) is 0 Å². The van der Waals surface area contributed by atoms with Crippen molar-refractivity contribution in [2.24, 2.45) is 0 Å². The zero-order valence-electron chi connectivity index (χ0n) is 6.95. The molecule has 0 saturated carbocycles. The molecule has 0 atom stereocenters. The van der Waals surface area contributed by atoms with Gasteiger partial charge >= 0.3 is 0 Å². The first kappa shape index (κ1) is 7.28. The molecule has 0 N–H and O–H groups in total. The van der Waals surface area contributed by atoms with E-state index in [-0.39, 0.29) is 5.78 Å². The number of Topliss-reactive ketones (excluding diaryl/α,β-unsaturated/α-hetero) is 1. The van der Waals surface area contributed by atoms with Crippen molar-refractivity contribution in [2.75, 3.05) is 18.5 Å². The lowest BCUT2D eigenvalue weighted by Crippen LogP contribution is -2.32. The number of nitrogens with zero attached hydrogens (tertiary/aromatic N) is 2. The van der Waals surface area contributed by atoms with Crippen LogP contribution in [0.3, 0.4) is 0 Å². The van der Waals surface area contributed by atoms with E-state index in [1.807, 2.05) is 18.0 Å². The molecular weight excluding hydrogens is 152 g/mol. The van der Waals surface area contributed by atoms with E-state index >= 15 is 0 Å². The van der Waals surface area contributed by atoms with Crippen molar-refractivity contribution in [3.05, 3.63) is 24.0 Å². The molecule has 0 unspecified atom stereocenters. The van der Waals surface area contributed by atoms with Crippen LogP contribution in [0.2, 0.25) is 0 Å². The van der Waals surface area contributed by atoms with Gasteiger partial charge < -0.3 is 4.90 Å². The van der Waals surface area contributed by atoms with E-state index in [9.17, 15) is 4.79 Å². The number of aromatic nitrogens is 1. The van der Waals surface area contributed by atoms with Gasteiger partial charge in [0.2, 0.25) is 0 Å². The molecular formula is C9H10N2O. The lowest BCUT2D eigenvalue weighted by molar-refractivity contribution is -0.117. The maximum absolute atomic E-state index is 11.2. The lowest BCUT2D eigenvalue weighted by Gasteiger charge is -2.25. The molecule has 1 aromatic rings. The molecule has 62 valence electrons. The van der Waals surface area contributed by atoms with Gasteiger partial charge in [0.05, 0.1) is 6.54 Å². The molecule has 2 heterocycles. The van der Waals surface area contributed by atoms with Crippen molar-refractivity contribution >= 4 is 11.5 Å². The normalized spacial score (nSPS) is 16.1. The highest BCUT2D eigenvalue weighted by atomic mass is 16.1. The molecule has 0 spiro atoms. The van der Waals surface area contributed by atoms with Crippen LogP contribution in [0, 0.1) is 0 Å². The van der Waals surface area contributed by atoms with Crippen LogP contribution in [0.1, 0.15) is 5.56 Å². The minimum atomic E-state index is 0.262. The number of carbonyl (C=O) groups excluding carboxylic acids is 1. The topological polar surface area (TPSA) is 33.2 Å². The first-order valence-corrected chi connectivity index (χ1v) is 3.93. The van der Waals surface area contributed by atoms with Crippen LogP contribution in [0.25, 0.3) is 0 Å². The molecule has 0 amide bonds. The first-order chi connectivity index (χ1) is 5.77. The molecule has 0 radical (unpaired) electrons. The fourth-order valence-corrected chi connectivity index (χ4v) is 1.55. The molecule has 0 saturated heterocycles. The highest BCUT2D eigenvalue weighted by Gasteiger charge is 2.18. The number of likely N-dealkylation sites (N-methyl/N-ethyl adjacent to an activating group) is 1. The summed E-state index contributed by atoms with van der Waals surface area (Å²) in [5.41, 5.74) is 2.17. The van der Waals surface area contributed by atoms with E-state index < -0.39 is 0 Å². The highest BCUT2D eigenvalue weighted by Crippen LogP contribution is 2.22. The van der Waals surface area contributed by atoms with E-state index in [4.69, 9.17) is 0 Å². The maximum Gasteiger partial charge on any atom is 0.156 e. The fraction of sp³-hybridized carbons (Fsp3) is 0.333. The van der Waals surface area contributed by atoms with Crippen LogP contribution in [0.15, 0.2) is 18.5 Å². The summed E-state index contributed by atoms with van der Waals surface area (Å²) in [7, 11) is 1.93. The lowest BCUT2D eigenvalue weighted by atomic mass is 10.0. The largest absolute Gasteiger partial charge is 0.367 e. The van der Waals surface area contributed by atoms with Gasteiger partial charge in [0.25, 0.3) is 0 Å². The Hall–Kier alpha value is -1.38. The molecule has 2 rings (SSSR count). The Balaban J connectivity index is 2.47. The minimum Gasteiger partial charge on any atom is -0.367 e. The molecule has 1 aliphatic heterocycles. The van der Waals surface area contributed by atoms with Crippen molar-refractivity contribution in [1.29, 1.82) is 0 Å². The number of hydrogen-bond acceptors (Lipinski definition) is 3. The van der Waals surface area contributed by atoms with Gasteiger partial charge in [-0.05, 0) is 6.07 Å². The zero-order chi connectivity index (χ0) is 8.55. The van der Waals surface area contributed by atoms with Crippen molar-refractivity contribution < 1.29 is 4.79 Å². The predicted octanol–water partition coefficient (Wildman–Crippen LogP) is 0.643. The molecule has 12 heavy (non-hydrogen) atoms. The Bertz CT molecular complexity index is 322. The number of carbonyl (C=O) groups is 1. The van der Waals surface area contributed by atoms with Gasteiger partial charge in [-0.25, -0.2) is 0 Å². The molecule has 3 heteroatoms. The Kier molecular flexibility index (Phi) is 1.57. The quantitative estimate of drug-likeness (QED) is 0.561. The molecule has 0 aliphatic carbocycles. The summed E-state index contributed by atoms with van der Waals surface area (Å²) in [6.07, 6.45) is 4.06. The number of pyridine rings is 1. The van der Waals surface area contributed by atoms with Crippen LogP contribution in [0.4, 0.5) is 5.69 Å². The number of rotatable bonds is 0. The van der Waals surface area contributed by atoms with Gasteiger partial charge in [-0.3, -0.25) is 9.78 Å². The number of anilines is 1. The zero-order valence-corrected chi connectivity index (χ0v) is 6.95. The second-order valence-corrected chi connectivity index (χ2v) is 3.08. The van der Waals surface area contributed by atoms with Gasteiger partial charge in [0, 0.05) is 37.1 Å². The van der Waals surface area contributed by atoms with Crippen LogP contribution >= 0.6 is 0 Å². The number of hydrogen-bond donors (Lipinski definition) is 0. The average Bonchev–Trinajstić information content (AvgIpc) is 2.04. The number of ketones is 1. The summed E-state index contributed by atoms with van der Waals surface area (Å²) in [5, 5.41) is 0. The Labute approximate surface area is 71.0 Å². The van der Waals surface area contributed by atoms with Crippen molar-refractivity contribution in [3.8, 4) is 0 Å². The molecule has 1 aromatic heterocycles. The second-order valence-electron chi connectivity index (χ2n) is 3.08. The first-order valence-electron chi connectivity index (χ1n) is 3.93. The van der Waals surface area contributed by atoms with Gasteiger partial charge in [0.1, 0.15) is 0 Å². The molecule has 3 nitrogen and oxygen atoms in total. The van der Waals surface area contributed by atoms with Gasteiger partial charge in [-0.15, -0.1) is 0 Å². The van der Waals surface area contributed by atoms with Crippen LogP contribution in [-0.2, 0) is 11.2 Å². The van der Waals surface area contributed by atoms with Gasteiger partial charge in [-0.2, -0.15) is 0 Å². The number of fused-ring (bicyclic) bond motifs is 1. The van der Waals surface area contributed by atoms with Gasteiger partial charge in [0.15, 0.2) is 5.78 Å². The van der Waals surface area contributed by atoms with E-state index in [2.05, 4.69) is 4.98 Å². The minimum absolute atomic E-state index is 0.262. The average molecular weight is 162 g/mol. The summed E-state index contributed by atoms with van der Waals surface area (Å²) < 4.78 is 0. The highest BCUT2D eigenvalue weighted by molar-refractivity contribution is 5.89. The third-order valence-electron chi connectivity index (χ3n) is 2.09. The van der Waals surface area contributed by atoms with E-state index in [0.717, 1.165) is 11.3 Å². The standard InChI is InChI=1S/C9H10N2O/c1-11-6-8(12)4-7-5-10-3-2-9(7)11/h2-3,5H,4,6H2,1H3. The maximum atomic E-state index is 11.2. The molecule has 0 fully saturated rings. The van der Waals surface area contributed by atoms with E-state index in [1.165, 1.54) is 0 Å². The summed E-state index contributed by atoms with van der Waals surface area (Å²) in [5.74, 6) is 0.262. The molecule has 1 aliphatic rings. The molecule has 0 aromatic carbocycles. The third kappa shape index (κ3) is 1.07. The Morgan fingerprint density at radius 3 is 3.25 bits per heavy atom. The summed E-state index contributed by atoms with van der Waals surface area (Å²) in [6, 6.07) is 1.95. The summed E-state index contributed by atoms with van der Waals surface area (Å²) in [4.78, 5) is 17.1. The van der Waals surface area contributed by atoms with Crippen LogP contribution in [-0.4, -0.2) is 24.4 Å². The van der Waals surface area contributed by atoms with Crippen molar-refractivity contribution in [3.63, 3.8) is 0 Å². The summed E-state index contributed by atoms with van der Waals surface area (Å²) >= 11 is 0. The van der Waals surface area contributed by atoms with E-state index in [0.29, 0.717) is 13.0 Å². The summed E-state index contributed by atoms with van der Waals surface area (Å²) in [6.45, 7) is 0.525. The molecule has 0 bridgehead atoms. The SMILES string of the molecule is CN1CC(=O)Cc2cnccc21. The predicted molar refractivity (Wildman–Crippen MR) is 46.2 cm³/mol. The third-order valence-corrected chi connectivity index (χ3v) is 2.09. The fourth-order valence-electron chi connectivity index (χ4n) is 1.55. The van der Waals surface area contributed by atoms with Crippen molar-refractivity contribution in [1.82, 2.24) is 4.98 Å². The monoisotopic (exact) mass is 162 g/mol. The Morgan fingerprint density at radius 2 is 2.42 bits per heavy atom.